The van der Waals surface area contributed by atoms with Crippen molar-refractivity contribution < 1.29 is 4.79 Å². The summed E-state index contributed by atoms with van der Waals surface area (Å²) in [6.07, 6.45) is 3.97. The van der Waals surface area contributed by atoms with Crippen LogP contribution in [-0.2, 0) is 4.79 Å². The number of carbonyl (C=O) groups excluding carboxylic acids is 1. The number of rotatable bonds is 3. The van der Waals surface area contributed by atoms with Crippen LogP contribution in [0, 0.1) is 19.8 Å². The number of aryl methyl sites for hydroxylation is 2. The van der Waals surface area contributed by atoms with Gasteiger partial charge in [-0.3, -0.25) is 10.1 Å². The van der Waals surface area contributed by atoms with Gasteiger partial charge in [0, 0.05) is 6.54 Å². The van der Waals surface area contributed by atoms with Gasteiger partial charge in [-0.2, -0.15) is 0 Å². The minimum absolute atomic E-state index is 0.0769. The van der Waals surface area contributed by atoms with Crippen molar-refractivity contribution in [1.82, 2.24) is 10.2 Å². The molecular weight excluding hydrogens is 236 g/mol. The number of hydrogen-bond donors (Lipinski definition) is 1. The van der Waals surface area contributed by atoms with Crippen molar-refractivity contribution in [3.63, 3.8) is 0 Å². The minimum atomic E-state index is 0.0769. The van der Waals surface area contributed by atoms with Crippen LogP contribution in [0.1, 0.15) is 42.1 Å². The van der Waals surface area contributed by atoms with Gasteiger partial charge in [0.25, 0.3) is 0 Å². The first-order chi connectivity index (χ1) is 9.15. The molecule has 0 aromatic heterocycles. The second-order valence-corrected chi connectivity index (χ2v) is 5.99. The molecule has 0 spiro atoms. The van der Waals surface area contributed by atoms with Crippen LogP contribution >= 0.6 is 0 Å². The summed E-state index contributed by atoms with van der Waals surface area (Å²) in [7, 11) is 0. The van der Waals surface area contributed by atoms with Crippen molar-refractivity contribution in [2.24, 2.45) is 5.92 Å². The van der Waals surface area contributed by atoms with Crippen molar-refractivity contribution in [2.45, 2.75) is 39.3 Å². The van der Waals surface area contributed by atoms with Gasteiger partial charge in [0.2, 0.25) is 5.91 Å². The maximum atomic E-state index is 12.1. The van der Waals surface area contributed by atoms with Gasteiger partial charge in [-0.1, -0.05) is 30.2 Å². The molecule has 1 atom stereocenters. The Labute approximate surface area is 115 Å². The van der Waals surface area contributed by atoms with E-state index in [9.17, 15) is 4.79 Å². The molecule has 1 heterocycles. The zero-order valence-corrected chi connectivity index (χ0v) is 11.8. The Morgan fingerprint density at radius 1 is 1.32 bits per heavy atom. The first-order valence-electron chi connectivity index (χ1n) is 7.25. The molecule has 102 valence electrons. The van der Waals surface area contributed by atoms with E-state index < -0.39 is 0 Å². The summed E-state index contributed by atoms with van der Waals surface area (Å²) in [5.41, 5.74) is 3.77. The number of hydrogen-bond acceptors (Lipinski definition) is 2. The summed E-state index contributed by atoms with van der Waals surface area (Å²) >= 11 is 0. The third-order valence-corrected chi connectivity index (χ3v) is 4.49. The maximum absolute atomic E-state index is 12.1. The molecule has 19 heavy (non-hydrogen) atoms. The standard InChI is InChI=1S/C16H22N2O/c1-11-6-7-12(2)14(8-11)16-17-9-15(19)18(16)10-13-4-3-5-13/h6-8,13,16-17H,3-5,9-10H2,1-2H3. The highest BCUT2D eigenvalue weighted by atomic mass is 16.2. The van der Waals surface area contributed by atoms with Crippen LogP contribution in [0.25, 0.3) is 0 Å². The summed E-state index contributed by atoms with van der Waals surface area (Å²) in [5.74, 6) is 0.967. The fourth-order valence-corrected chi connectivity index (χ4v) is 3.03. The molecule has 1 N–H and O–H groups in total. The number of nitrogens with one attached hydrogen (secondary N) is 1. The number of benzene rings is 1. The summed E-state index contributed by atoms with van der Waals surface area (Å²) in [5, 5.41) is 3.37. The van der Waals surface area contributed by atoms with Crippen LogP contribution in [0.5, 0.6) is 0 Å². The van der Waals surface area contributed by atoms with Gasteiger partial charge in [0.1, 0.15) is 6.17 Å². The quantitative estimate of drug-likeness (QED) is 0.903. The Bertz CT molecular complexity index is 494. The molecule has 3 nitrogen and oxygen atoms in total. The van der Waals surface area contributed by atoms with Crippen molar-refractivity contribution in [3.8, 4) is 0 Å². The largest absolute Gasteiger partial charge is 0.322 e. The van der Waals surface area contributed by atoms with Crippen molar-refractivity contribution in [1.29, 1.82) is 0 Å². The highest BCUT2D eigenvalue weighted by molar-refractivity contribution is 5.81. The lowest BCUT2D eigenvalue weighted by atomic mass is 9.85. The average molecular weight is 258 g/mol. The Morgan fingerprint density at radius 3 is 2.79 bits per heavy atom. The van der Waals surface area contributed by atoms with E-state index in [1.807, 2.05) is 4.90 Å². The van der Waals surface area contributed by atoms with Crippen LogP contribution < -0.4 is 5.32 Å². The first kappa shape index (κ1) is 12.7. The molecule has 2 aliphatic rings. The van der Waals surface area contributed by atoms with E-state index >= 15 is 0 Å². The maximum Gasteiger partial charge on any atom is 0.238 e. The highest BCUT2D eigenvalue weighted by Crippen LogP contribution is 2.32. The van der Waals surface area contributed by atoms with Crippen LogP contribution in [0.2, 0.25) is 0 Å². The monoisotopic (exact) mass is 258 g/mol. The Morgan fingerprint density at radius 2 is 2.11 bits per heavy atom. The lowest BCUT2D eigenvalue weighted by Gasteiger charge is -2.33. The third kappa shape index (κ3) is 2.39. The molecule has 1 saturated heterocycles. The van der Waals surface area contributed by atoms with Crippen molar-refractivity contribution >= 4 is 5.91 Å². The Hall–Kier alpha value is -1.35. The zero-order valence-electron chi connectivity index (χ0n) is 11.8. The summed E-state index contributed by atoms with van der Waals surface area (Å²) < 4.78 is 0. The molecule has 3 heteroatoms. The molecule has 2 fully saturated rings. The predicted octanol–water partition coefficient (Wildman–Crippen LogP) is 2.53. The lowest BCUT2D eigenvalue weighted by Crippen LogP contribution is -2.37. The van der Waals surface area contributed by atoms with Gasteiger partial charge in [0.05, 0.1) is 6.54 Å². The molecule has 1 aromatic carbocycles. The molecular formula is C16H22N2O. The molecule has 1 aromatic rings. The molecule has 1 aliphatic heterocycles. The number of amides is 1. The average Bonchev–Trinajstić information content (AvgIpc) is 2.68. The highest BCUT2D eigenvalue weighted by Gasteiger charge is 2.34. The predicted molar refractivity (Wildman–Crippen MR) is 75.7 cm³/mol. The van der Waals surface area contributed by atoms with E-state index in [-0.39, 0.29) is 12.1 Å². The van der Waals surface area contributed by atoms with E-state index in [0.717, 1.165) is 12.5 Å². The van der Waals surface area contributed by atoms with E-state index in [2.05, 4.69) is 37.4 Å². The van der Waals surface area contributed by atoms with Gasteiger partial charge in [-0.05, 0) is 43.7 Å². The van der Waals surface area contributed by atoms with Gasteiger partial charge >= 0.3 is 0 Å². The molecule has 1 saturated carbocycles. The normalized spacial score (nSPS) is 23.8. The van der Waals surface area contributed by atoms with Crippen LogP contribution in [0.3, 0.4) is 0 Å². The second kappa shape index (κ2) is 4.97. The third-order valence-electron chi connectivity index (χ3n) is 4.49. The van der Waals surface area contributed by atoms with Crippen molar-refractivity contribution in [3.05, 3.63) is 34.9 Å². The SMILES string of the molecule is Cc1ccc(C)c(C2NCC(=O)N2CC2CCC2)c1. The zero-order chi connectivity index (χ0) is 13.4. The van der Waals surface area contributed by atoms with E-state index in [1.54, 1.807) is 0 Å². The number of carbonyl (C=O) groups is 1. The van der Waals surface area contributed by atoms with Crippen LogP contribution in [-0.4, -0.2) is 23.9 Å². The molecule has 1 amide bonds. The van der Waals surface area contributed by atoms with E-state index in [0.29, 0.717) is 6.54 Å². The second-order valence-electron chi connectivity index (χ2n) is 5.99. The van der Waals surface area contributed by atoms with Gasteiger partial charge < -0.3 is 4.90 Å². The number of nitrogens with zero attached hydrogens (tertiary/aromatic N) is 1. The Balaban J connectivity index is 1.84. The molecule has 1 aliphatic carbocycles. The lowest BCUT2D eigenvalue weighted by molar-refractivity contribution is -0.129. The molecule has 0 radical (unpaired) electrons. The fourth-order valence-electron chi connectivity index (χ4n) is 3.03. The molecule has 3 rings (SSSR count). The first-order valence-corrected chi connectivity index (χ1v) is 7.25. The van der Waals surface area contributed by atoms with Gasteiger partial charge in [0.15, 0.2) is 0 Å². The topological polar surface area (TPSA) is 32.3 Å². The summed E-state index contributed by atoms with van der Waals surface area (Å²) in [4.78, 5) is 14.1. The van der Waals surface area contributed by atoms with Gasteiger partial charge in [-0.15, -0.1) is 0 Å². The smallest absolute Gasteiger partial charge is 0.238 e. The van der Waals surface area contributed by atoms with Crippen molar-refractivity contribution in [2.75, 3.05) is 13.1 Å². The Kier molecular flexibility index (Phi) is 3.31. The van der Waals surface area contributed by atoms with Gasteiger partial charge in [-0.25, -0.2) is 0 Å². The van der Waals surface area contributed by atoms with Crippen LogP contribution in [0.15, 0.2) is 18.2 Å². The fraction of sp³-hybridized carbons (Fsp3) is 0.562. The minimum Gasteiger partial charge on any atom is -0.322 e. The van der Waals surface area contributed by atoms with E-state index in [1.165, 1.54) is 36.0 Å². The van der Waals surface area contributed by atoms with E-state index in [4.69, 9.17) is 0 Å². The summed E-state index contributed by atoms with van der Waals surface area (Å²) in [6, 6.07) is 6.49. The molecule has 1 unspecified atom stereocenters. The summed E-state index contributed by atoms with van der Waals surface area (Å²) in [6.45, 7) is 5.63. The molecule has 0 bridgehead atoms. The van der Waals surface area contributed by atoms with Crippen LogP contribution in [0.4, 0.5) is 0 Å².